The molecule has 0 bridgehead atoms. The molecule has 4 rings (SSSR count). The Balaban J connectivity index is 1.33. The molecule has 0 spiro atoms. The molecule has 1 amide bonds. The molecule has 5 heteroatoms. The van der Waals surface area contributed by atoms with Gasteiger partial charge < -0.3 is 19.9 Å². The highest BCUT2D eigenvalue weighted by molar-refractivity contribution is 5.95. The van der Waals surface area contributed by atoms with E-state index in [0.29, 0.717) is 6.42 Å². The summed E-state index contributed by atoms with van der Waals surface area (Å²) in [4.78, 5) is 16.7. The third-order valence-corrected chi connectivity index (χ3v) is 7.23. The second-order valence-corrected chi connectivity index (χ2v) is 9.68. The van der Waals surface area contributed by atoms with Crippen LogP contribution in [0.1, 0.15) is 76.2 Å². The maximum Gasteiger partial charge on any atom is 0.227 e. The zero-order valence-electron chi connectivity index (χ0n) is 19.2. The number of amides is 1. The van der Waals surface area contributed by atoms with Gasteiger partial charge >= 0.3 is 0 Å². The molecule has 0 radical (unpaired) electrons. The second-order valence-electron chi connectivity index (χ2n) is 9.68. The Morgan fingerprint density at radius 2 is 1.77 bits per heavy atom. The lowest BCUT2D eigenvalue weighted by Crippen LogP contribution is -2.31. The number of nitrogens with zero attached hydrogens (tertiary/aromatic N) is 2. The number of piperidine rings is 1. The van der Waals surface area contributed by atoms with Gasteiger partial charge in [-0.25, -0.2) is 0 Å². The summed E-state index contributed by atoms with van der Waals surface area (Å²) >= 11 is 0. The number of rotatable bonds is 10. The summed E-state index contributed by atoms with van der Waals surface area (Å²) in [5.74, 6) is 2.03. The summed E-state index contributed by atoms with van der Waals surface area (Å²) < 4.78 is 6.25. The molecule has 1 N–H and O–H groups in total. The molecule has 1 saturated carbocycles. The predicted octanol–water partition coefficient (Wildman–Crippen LogP) is 4.74. The van der Waals surface area contributed by atoms with E-state index in [1.54, 1.807) is 0 Å². The number of carbonyl (C=O) groups is 1. The van der Waals surface area contributed by atoms with Gasteiger partial charge in [0, 0.05) is 37.3 Å². The largest absolute Gasteiger partial charge is 0.493 e. The first-order chi connectivity index (χ1) is 15.3. The molecule has 2 heterocycles. The van der Waals surface area contributed by atoms with Crippen LogP contribution in [0.2, 0.25) is 0 Å². The normalized spacial score (nSPS) is 21.0. The summed E-state index contributed by atoms with van der Waals surface area (Å²) in [6, 6.07) is 6.32. The predicted molar refractivity (Wildman–Crippen MR) is 127 cm³/mol. The number of hydrogen-bond donors (Lipinski definition) is 1. The Labute approximate surface area is 188 Å². The number of benzene rings is 1. The summed E-state index contributed by atoms with van der Waals surface area (Å²) in [5, 5.41) is 3.69. The van der Waals surface area contributed by atoms with E-state index in [2.05, 4.69) is 28.4 Å². The number of likely N-dealkylation sites (tertiary alicyclic amines) is 1. The lowest BCUT2D eigenvalue weighted by Gasteiger charge is -2.26. The SMILES string of the molecule is O=C1CCCN1c1ccc(OCCCN2CCCCC2)c(CNCC2CCCCC2)c1. The first-order valence-corrected chi connectivity index (χ1v) is 12.8. The van der Waals surface area contributed by atoms with Crippen LogP contribution < -0.4 is 15.0 Å². The number of nitrogens with one attached hydrogen (secondary N) is 1. The van der Waals surface area contributed by atoms with Crippen molar-refractivity contribution in [3.05, 3.63) is 23.8 Å². The molecule has 2 aliphatic heterocycles. The maximum atomic E-state index is 12.2. The van der Waals surface area contributed by atoms with Gasteiger partial charge in [-0.15, -0.1) is 0 Å². The van der Waals surface area contributed by atoms with E-state index in [-0.39, 0.29) is 5.91 Å². The Hall–Kier alpha value is -1.59. The van der Waals surface area contributed by atoms with Gasteiger partial charge in [-0.1, -0.05) is 25.7 Å². The van der Waals surface area contributed by atoms with E-state index in [1.807, 2.05) is 4.90 Å². The lowest BCUT2D eigenvalue weighted by molar-refractivity contribution is -0.117. The fourth-order valence-corrected chi connectivity index (χ4v) is 5.39. The third kappa shape index (κ3) is 6.69. The van der Waals surface area contributed by atoms with E-state index in [0.717, 1.165) is 63.0 Å². The highest BCUT2D eigenvalue weighted by Crippen LogP contribution is 2.29. The van der Waals surface area contributed by atoms with Crippen molar-refractivity contribution in [2.24, 2.45) is 5.92 Å². The quantitative estimate of drug-likeness (QED) is 0.548. The van der Waals surface area contributed by atoms with Gasteiger partial charge in [-0.2, -0.15) is 0 Å². The highest BCUT2D eigenvalue weighted by atomic mass is 16.5. The molecule has 0 atom stereocenters. The summed E-state index contributed by atoms with van der Waals surface area (Å²) in [5.41, 5.74) is 2.21. The molecule has 31 heavy (non-hydrogen) atoms. The lowest BCUT2D eigenvalue weighted by atomic mass is 9.89. The Bertz CT molecular complexity index is 696. The summed E-state index contributed by atoms with van der Waals surface area (Å²) in [6.07, 6.45) is 13.6. The average Bonchev–Trinajstić information content (AvgIpc) is 3.24. The van der Waals surface area contributed by atoms with E-state index in [4.69, 9.17) is 4.74 Å². The number of ether oxygens (including phenoxy) is 1. The molecule has 3 aliphatic rings. The molecule has 1 aliphatic carbocycles. The van der Waals surface area contributed by atoms with Gasteiger partial charge in [-0.3, -0.25) is 4.79 Å². The van der Waals surface area contributed by atoms with Gasteiger partial charge in [0.2, 0.25) is 5.91 Å². The van der Waals surface area contributed by atoms with Gasteiger partial charge in [0.1, 0.15) is 5.75 Å². The van der Waals surface area contributed by atoms with Crippen LogP contribution in [0.15, 0.2) is 18.2 Å². The Kier molecular flexibility index (Phi) is 8.65. The summed E-state index contributed by atoms with van der Waals surface area (Å²) in [7, 11) is 0. The van der Waals surface area contributed by atoms with Crippen LogP contribution in [0.5, 0.6) is 5.75 Å². The molecule has 5 nitrogen and oxygen atoms in total. The van der Waals surface area contributed by atoms with Crippen molar-refractivity contribution in [2.45, 2.75) is 77.2 Å². The third-order valence-electron chi connectivity index (χ3n) is 7.23. The Morgan fingerprint density at radius 1 is 0.968 bits per heavy atom. The van der Waals surface area contributed by atoms with Crippen molar-refractivity contribution >= 4 is 11.6 Å². The Morgan fingerprint density at radius 3 is 2.55 bits per heavy atom. The van der Waals surface area contributed by atoms with Crippen LogP contribution >= 0.6 is 0 Å². The highest BCUT2D eigenvalue weighted by Gasteiger charge is 2.22. The average molecular weight is 428 g/mol. The first kappa shape index (κ1) is 22.6. The van der Waals surface area contributed by atoms with Crippen molar-refractivity contribution in [1.82, 2.24) is 10.2 Å². The van der Waals surface area contributed by atoms with Crippen molar-refractivity contribution in [3.8, 4) is 5.75 Å². The molecule has 3 fully saturated rings. The molecule has 1 aromatic rings. The van der Waals surface area contributed by atoms with Gasteiger partial charge in [0.25, 0.3) is 0 Å². The molecular formula is C26H41N3O2. The van der Waals surface area contributed by atoms with Gasteiger partial charge in [-0.05, 0) is 82.3 Å². The number of hydrogen-bond acceptors (Lipinski definition) is 4. The van der Waals surface area contributed by atoms with Crippen molar-refractivity contribution in [2.75, 3.05) is 44.2 Å². The zero-order valence-corrected chi connectivity index (χ0v) is 19.2. The number of anilines is 1. The minimum Gasteiger partial charge on any atom is -0.493 e. The topological polar surface area (TPSA) is 44.8 Å². The van der Waals surface area contributed by atoms with Gasteiger partial charge in [0.15, 0.2) is 0 Å². The van der Waals surface area contributed by atoms with Crippen LogP contribution in [0.4, 0.5) is 5.69 Å². The van der Waals surface area contributed by atoms with E-state index < -0.39 is 0 Å². The van der Waals surface area contributed by atoms with Gasteiger partial charge in [0.05, 0.1) is 6.61 Å². The molecule has 0 unspecified atom stereocenters. The standard InChI is InChI=1S/C26H41N3O2/c30-26-11-7-17-29(26)24-12-13-25(31-18-8-16-28-14-5-2-6-15-28)23(19-24)21-27-20-22-9-3-1-4-10-22/h12-13,19,22,27H,1-11,14-18,20-21H2. The van der Waals surface area contributed by atoms with Crippen LogP contribution in [0, 0.1) is 5.92 Å². The summed E-state index contributed by atoms with van der Waals surface area (Å²) in [6.45, 7) is 7.12. The zero-order chi connectivity index (χ0) is 21.3. The number of carbonyl (C=O) groups excluding carboxylic acids is 1. The van der Waals surface area contributed by atoms with E-state index in [9.17, 15) is 4.79 Å². The second kappa shape index (κ2) is 11.9. The fourth-order valence-electron chi connectivity index (χ4n) is 5.39. The molecule has 0 aromatic heterocycles. The minimum absolute atomic E-state index is 0.247. The van der Waals surface area contributed by atoms with Crippen LogP contribution in [-0.2, 0) is 11.3 Å². The fraction of sp³-hybridized carbons (Fsp3) is 0.731. The molecule has 172 valence electrons. The molecule has 2 saturated heterocycles. The van der Waals surface area contributed by atoms with E-state index in [1.165, 1.54) is 70.0 Å². The van der Waals surface area contributed by atoms with Crippen LogP contribution in [0.25, 0.3) is 0 Å². The molecular weight excluding hydrogens is 386 g/mol. The minimum atomic E-state index is 0.247. The van der Waals surface area contributed by atoms with Crippen LogP contribution in [-0.4, -0.2) is 50.1 Å². The molecule has 1 aromatic carbocycles. The first-order valence-electron chi connectivity index (χ1n) is 12.8. The monoisotopic (exact) mass is 427 g/mol. The van der Waals surface area contributed by atoms with Crippen LogP contribution in [0.3, 0.4) is 0 Å². The van der Waals surface area contributed by atoms with E-state index >= 15 is 0 Å². The van der Waals surface area contributed by atoms with Crippen molar-refractivity contribution in [1.29, 1.82) is 0 Å². The maximum absolute atomic E-state index is 12.2. The van der Waals surface area contributed by atoms with Crippen molar-refractivity contribution < 1.29 is 9.53 Å². The smallest absolute Gasteiger partial charge is 0.227 e. The van der Waals surface area contributed by atoms with Crippen molar-refractivity contribution in [3.63, 3.8) is 0 Å².